The first-order valence-electron chi connectivity index (χ1n) is 4.72. The molecule has 1 aromatic heterocycles. The van der Waals surface area contributed by atoms with E-state index < -0.39 is 0 Å². The Kier molecular flexibility index (Phi) is 2.93. The van der Waals surface area contributed by atoms with Gasteiger partial charge < -0.3 is 10.6 Å². The van der Waals surface area contributed by atoms with Crippen molar-refractivity contribution >= 4 is 11.3 Å². The molecular weight excluding hydrogens is 182 g/mol. The zero-order valence-corrected chi connectivity index (χ0v) is 8.60. The average molecular weight is 197 g/mol. The van der Waals surface area contributed by atoms with Gasteiger partial charge in [0.05, 0.1) is 6.04 Å². The minimum atomic E-state index is 0.393. The first-order valence-corrected chi connectivity index (χ1v) is 5.60. The van der Waals surface area contributed by atoms with Crippen LogP contribution in [-0.4, -0.2) is 24.1 Å². The van der Waals surface area contributed by atoms with Crippen LogP contribution in [0.15, 0.2) is 11.6 Å². The zero-order chi connectivity index (χ0) is 9.10. The van der Waals surface area contributed by atoms with Gasteiger partial charge in [0.2, 0.25) is 0 Å². The highest BCUT2D eigenvalue weighted by Gasteiger charge is 2.17. The van der Waals surface area contributed by atoms with Crippen LogP contribution < -0.4 is 10.6 Å². The van der Waals surface area contributed by atoms with Gasteiger partial charge in [-0.3, -0.25) is 0 Å². The number of nitrogens with one attached hydrogen (secondary N) is 2. The van der Waals surface area contributed by atoms with Gasteiger partial charge in [0.1, 0.15) is 5.01 Å². The Bertz CT molecular complexity index is 241. The van der Waals surface area contributed by atoms with Crippen molar-refractivity contribution in [3.8, 4) is 0 Å². The zero-order valence-electron chi connectivity index (χ0n) is 7.79. The van der Waals surface area contributed by atoms with E-state index in [0.717, 1.165) is 13.1 Å². The summed E-state index contributed by atoms with van der Waals surface area (Å²) in [6.07, 6.45) is 3.10. The third-order valence-electron chi connectivity index (χ3n) is 2.37. The fraction of sp³-hybridized carbons (Fsp3) is 0.667. The molecule has 72 valence electrons. The number of hydrogen-bond acceptors (Lipinski definition) is 4. The molecule has 0 saturated carbocycles. The van der Waals surface area contributed by atoms with E-state index in [1.54, 1.807) is 11.3 Å². The van der Waals surface area contributed by atoms with E-state index in [-0.39, 0.29) is 0 Å². The van der Waals surface area contributed by atoms with Gasteiger partial charge in [-0.05, 0) is 19.9 Å². The van der Waals surface area contributed by atoms with Crippen molar-refractivity contribution in [3.05, 3.63) is 16.6 Å². The molecule has 0 spiro atoms. The van der Waals surface area contributed by atoms with Crippen LogP contribution in [0.5, 0.6) is 0 Å². The van der Waals surface area contributed by atoms with Gasteiger partial charge >= 0.3 is 0 Å². The third kappa shape index (κ3) is 2.27. The van der Waals surface area contributed by atoms with Crippen molar-refractivity contribution in [2.24, 2.45) is 0 Å². The summed E-state index contributed by atoms with van der Waals surface area (Å²) in [6, 6.07) is 1.02. The number of hydrogen-bond donors (Lipinski definition) is 2. The topological polar surface area (TPSA) is 37.0 Å². The predicted octanol–water partition coefficient (Wildman–Crippen LogP) is 1.16. The minimum Gasteiger partial charge on any atom is -0.315 e. The third-order valence-corrected chi connectivity index (χ3v) is 3.33. The van der Waals surface area contributed by atoms with E-state index in [2.05, 4.69) is 22.5 Å². The monoisotopic (exact) mass is 197 g/mol. The van der Waals surface area contributed by atoms with Gasteiger partial charge in [0.15, 0.2) is 0 Å². The van der Waals surface area contributed by atoms with Crippen LogP contribution in [0, 0.1) is 0 Å². The molecule has 1 saturated heterocycles. The molecule has 0 bridgehead atoms. The largest absolute Gasteiger partial charge is 0.315 e. The van der Waals surface area contributed by atoms with Crippen molar-refractivity contribution in [2.75, 3.05) is 13.1 Å². The lowest BCUT2D eigenvalue weighted by molar-refractivity contribution is 0.477. The molecule has 0 amide bonds. The second-order valence-corrected chi connectivity index (χ2v) is 4.37. The van der Waals surface area contributed by atoms with E-state index in [9.17, 15) is 0 Å². The quantitative estimate of drug-likeness (QED) is 0.763. The van der Waals surface area contributed by atoms with Crippen LogP contribution in [0.2, 0.25) is 0 Å². The Labute approximate surface area is 82.6 Å². The highest BCUT2D eigenvalue weighted by Crippen LogP contribution is 2.16. The van der Waals surface area contributed by atoms with E-state index in [1.807, 2.05) is 11.6 Å². The van der Waals surface area contributed by atoms with Crippen molar-refractivity contribution in [2.45, 2.75) is 25.4 Å². The lowest BCUT2D eigenvalue weighted by Gasteiger charge is -2.16. The van der Waals surface area contributed by atoms with Crippen LogP contribution in [0.1, 0.15) is 24.4 Å². The summed E-state index contributed by atoms with van der Waals surface area (Å²) in [5, 5.41) is 10.1. The van der Waals surface area contributed by atoms with Gasteiger partial charge in [-0.25, -0.2) is 4.98 Å². The van der Waals surface area contributed by atoms with Gasteiger partial charge in [0.25, 0.3) is 0 Å². The summed E-state index contributed by atoms with van der Waals surface area (Å²) in [6.45, 7) is 4.41. The second-order valence-electron chi connectivity index (χ2n) is 3.45. The Morgan fingerprint density at radius 3 is 3.31 bits per heavy atom. The van der Waals surface area contributed by atoms with Gasteiger partial charge in [-0.2, -0.15) is 0 Å². The van der Waals surface area contributed by atoms with Gasteiger partial charge in [-0.15, -0.1) is 11.3 Å². The smallest absolute Gasteiger partial charge is 0.109 e. The van der Waals surface area contributed by atoms with Crippen LogP contribution in [0.4, 0.5) is 0 Å². The SMILES string of the molecule is C[C@@H](NC1CCNC1)c1nccs1. The number of aromatic nitrogens is 1. The van der Waals surface area contributed by atoms with Gasteiger partial charge in [0, 0.05) is 24.2 Å². The number of nitrogens with zero attached hydrogens (tertiary/aromatic N) is 1. The van der Waals surface area contributed by atoms with Crippen LogP contribution in [-0.2, 0) is 0 Å². The van der Waals surface area contributed by atoms with E-state index in [1.165, 1.54) is 11.4 Å². The molecule has 1 unspecified atom stereocenters. The molecule has 4 heteroatoms. The molecule has 3 nitrogen and oxygen atoms in total. The molecule has 1 aliphatic rings. The molecule has 2 heterocycles. The molecule has 0 radical (unpaired) electrons. The lowest BCUT2D eigenvalue weighted by atomic mass is 10.2. The van der Waals surface area contributed by atoms with Crippen molar-refractivity contribution in [1.29, 1.82) is 0 Å². The average Bonchev–Trinajstić information content (AvgIpc) is 2.74. The molecule has 1 aliphatic heterocycles. The van der Waals surface area contributed by atoms with E-state index in [0.29, 0.717) is 12.1 Å². The molecule has 0 aliphatic carbocycles. The molecule has 0 aromatic carbocycles. The number of thiazole rings is 1. The Hall–Kier alpha value is -0.450. The van der Waals surface area contributed by atoms with Crippen LogP contribution >= 0.6 is 11.3 Å². The molecule has 1 aromatic rings. The fourth-order valence-electron chi connectivity index (χ4n) is 1.67. The Balaban J connectivity index is 1.87. The maximum Gasteiger partial charge on any atom is 0.109 e. The normalized spacial score (nSPS) is 24.8. The Morgan fingerprint density at radius 1 is 1.77 bits per heavy atom. The summed E-state index contributed by atoms with van der Waals surface area (Å²) in [5.41, 5.74) is 0. The maximum absolute atomic E-state index is 4.29. The van der Waals surface area contributed by atoms with Crippen molar-refractivity contribution < 1.29 is 0 Å². The van der Waals surface area contributed by atoms with Crippen LogP contribution in [0.25, 0.3) is 0 Å². The standard InChI is InChI=1S/C9H15N3S/c1-7(9-11-4-5-13-9)12-8-2-3-10-6-8/h4-5,7-8,10,12H,2-3,6H2,1H3/t7-,8?/m1/s1. The second kappa shape index (κ2) is 4.17. The first kappa shape index (κ1) is 9.12. The molecule has 13 heavy (non-hydrogen) atoms. The highest BCUT2D eigenvalue weighted by atomic mass is 32.1. The highest BCUT2D eigenvalue weighted by molar-refractivity contribution is 7.09. The molecule has 2 rings (SSSR count). The molecule has 2 atom stereocenters. The summed E-state index contributed by atoms with van der Waals surface area (Å²) >= 11 is 1.72. The first-order chi connectivity index (χ1) is 6.36. The van der Waals surface area contributed by atoms with E-state index in [4.69, 9.17) is 0 Å². The lowest BCUT2D eigenvalue weighted by Crippen LogP contribution is -2.33. The molecule has 1 fully saturated rings. The summed E-state index contributed by atoms with van der Waals surface area (Å²) in [7, 11) is 0. The summed E-state index contributed by atoms with van der Waals surface area (Å²) in [4.78, 5) is 4.29. The van der Waals surface area contributed by atoms with E-state index >= 15 is 0 Å². The molecular formula is C9H15N3S. The molecule has 2 N–H and O–H groups in total. The minimum absolute atomic E-state index is 0.393. The van der Waals surface area contributed by atoms with Crippen molar-refractivity contribution in [3.63, 3.8) is 0 Å². The van der Waals surface area contributed by atoms with Crippen LogP contribution in [0.3, 0.4) is 0 Å². The Morgan fingerprint density at radius 2 is 2.69 bits per heavy atom. The van der Waals surface area contributed by atoms with Crippen molar-refractivity contribution in [1.82, 2.24) is 15.6 Å². The maximum atomic E-state index is 4.29. The summed E-state index contributed by atoms with van der Waals surface area (Å²) in [5.74, 6) is 0. The van der Waals surface area contributed by atoms with Gasteiger partial charge in [-0.1, -0.05) is 0 Å². The fourth-order valence-corrected chi connectivity index (χ4v) is 2.33. The summed E-state index contributed by atoms with van der Waals surface area (Å²) < 4.78 is 0. The number of rotatable bonds is 3. The predicted molar refractivity (Wildman–Crippen MR) is 54.9 cm³/mol.